The number of urea groups is 1. The number of amides is 2. The maximum absolute atomic E-state index is 11.7. The Labute approximate surface area is 107 Å². The van der Waals surface area contributed by atoms with Crippen LogP contribution in [0.4, 0.5) is 4.79 Å². The molecule has 2 amide bonds. The largest absolute Gasteiger partial charge is 0.481 e. The molecule has 1 saturated carbocycles. The van der Waals surface area contributed by atoms with E-state index in [1.807, 2.05) is 13.8 Å². The minimum Gasteiger partial charge on any atom is -0.481 e. The Bertz CT molecular complexity index is 296. The number of carboxylic acids is 1. The van der Waals surface area contributed by atoms with E-state index in [1.165, 1.54) is 0 Å². The summed E-state index contributed by atoms with van der Waals surface area (Å²) in [5.74, 6) is -1.29. The van der Waals surface area contributed by atoms with Crippen LogP contribution in [0.15, 0.2) is 0 Å². The number of carbonyl (C=O) groups excluding carboxylic acids is 1. The van der Waals surface area contributed by atoms with Crippen molar-refractivity contribution in [3.05, 3.63) is 0 Å². The van der Waals surface area contributed by atoms with Gasteiger partial charge >= 0.3 is 12.0 Å². The van der Waals surface area contributed by atoms with Gasteiger partial charge in [-0.25, -0.2) is 4.79 Å². The van der Waals surface area contributed by atoms with Gasteiger partial charge in [-0.1, -0.05) is 6.42 Å². The van der Waals surface area contributed by atoms with Crippen molar-refractivity contribution in [3.8, 4) is 0 Å². The highest BCUT2D eigenvalue weighted by Crippen LogP contribution is 2.25. The number of ether oxygens (including phenoxy) is 1. The topological polar surface area (TPSA) is 87.7 Å². The van der Waals surface area contributed by atoms with E-state index in [4.69, 9.17) is 9.84 Å². The van der Waals surface area contributed by atoms with E-state index in [-0.39, 0.29) is 18.1 Å². The van der Waals surface area contributed by atoms with Crippen LogP contribution in [-0.2, 0) is 9.53 Å². The molecule has 0 aromatic heterocycles. The number of carboxylic acid groups (broad SMARTS) is 1. The van der Waals surface area contributed by atoms with E-state index < -0.39 is 11.9 Å². The number of aliphatic carboxylic acids is 1. The van der Waals surface area contributed by atoms with Gasteiger partial charge in [0.1, 0.15) is 0 Å². The molecule has 0 aliphatic heterocycles. The molecule has 3 unspecified atom stereocenters. The maximum Gasteiger partial charge on any atom is 0.315 e. The monoisotopic (exact) mass is 258 g/mol. The summed E-state index contributed by atoms with van der Waals surface area (Å²) in [6.07, 6.45) is 2.20. The molecule has 1 rings (SSSR count). The Morgan fingerprint density at radius 2 is 2.17 bits per heavy atom. The zero-order valence-electron chi connectivity index (χ0n) is 10.9. The Hall–Kier alpha value is -1.30. The molecule has 0 bridgehead atoms. The standard InChI is InChI=1S/C12H22N2O4/c1-3-18-7-8(2)13-12(17)14-10-6-4-5-9(10)11(15)16/h8-10H,3-7H2,1-2H3,(H,15,16)(H2,13,14,17). The zero-order chi connectivity index (χ0) is 13.5. The van der Waals surface area contributed by atoms with Gasteiger partial charge in [0.15, 0.2) is 0 Å². The van der Waals surface area contributed by atoms with Crippen molar-refractivity contribution < 1.29 is 19.4 Å². The summed E-state index contributed by atoms with van der Waals surface area (Å²) in [7, 11) is 0. The fraction of sp³-hybridized carbons (Fsp3) is 0.833. The lowest BCUT2D eigenvalue weighted by Gasteiger charge is -2.20. The average molecular weight is 258 g/mol. The second kappa shape index (κ2) is 7.20. The fourth-order valence-corrected chi connectivity index (χ4v) is 2.20. The van der Waals surface area contributed by atoms with Crippen molar-refractivity contribution in [2.45, 2.75) is 45.2 Å². The van der Waals surface area contributed by atoms with Crippen molar-refractivity contribution in [1.29, 1.82) is 0 Å². The van der Waals surface area contributed by atoms with Crippen LogP contribution in [0.3, 0.4) is 0 Å². The lowest BCUT2D eigenvalue weighted by Crippen LogP contribution is -2.48. The lowest BCUT2D eigenvalue weighted by molar-refractivity contribution is -0.142. The molecule has 0 heterocycles. The molecule has 0 aromatic rings. The molecule has 0 spiro atoms. The molecule has 0 aromatic carbocycles. The molecule has 1 aliphatic rings. The summed E-state index contributed by atoms with van der Waals surface area (Å²) in [6.45, 7) is 4.80. The summed E-state index contributed by atoms with van der Waals surface area (Å²) in [6, 6.07) is -0.670. The molecule has 6 nitrogen and oxygen atoms in total. The number of nitrogens with one attached hydrogen (secondary N) is 2. The van der Waals surface area contributed by atoms with Crippen molar-refractivity contribution in [3.63, 3.8) is 0 Å². The number of hydrogen-bond acceptors (Lipinski definition) is 3. The number of hydrogen-bond donors (Lipinski definition) is 3. The molecule has 0 saturated heterocycles. The van der Waals surface area contributed by atoms with Crippen LogP contribution in [0.1, 0.15) is 33.1 Å². The average Bonchev–Trinajstić information content (AvgIpc) is 2.74. The molecular formula is C12H22N2O4. The first-order valence-electron chi connectivity index (χ1n) is 6.42. The van der Waals surface area contributed by atoms with E-state index in [1.54, 1.807) is 0 Å². The molecule has 0 radical (unpaired) electrons. The van der Waals surface area contributed by atoms with Crippen LogP contribution in [0.5, 0.6) is 0 Å². The van der Waals surface area contributed by atoms with Gasteiger partial charge in [-0.15, -0.1) is 0 Å². The first kappa shape index (κ1) is 14.8. The highest BCUT2D eigenvalue weighted by molar-refractivity contribution is 5.77. The first-order valence-corrected chi connectivity index (χ1v) is 6.42. The fourth-order valence-electron chi connectivity index (χ4n) is 2.20. The van der Waals surface area contributed by atoms with Crippen LogP contribution >= 0.6 is 0 Å². The van der Waals surface area contributed by atoms with Gasteiger partial charge in [0.2, 0.25) is 0 Å². The third-order valence-corrected chi connectivity index (χ3v) is 3.10. The van der Waals surface area contributed by atoms with E-state index >= 15 is 0 Å². The van der Waals surface area contributed by atoms with Gasteiger partial charge in [0, 0.05) is 12.6 Å². The minimum atomic E-state index is -0.833. The van der Waals surface area contributed by atoms with Gasteiger partial charge in [-0.3, -0.25) is 4.79 Å². The molecule has 3 atom stereocenters. The van der Waals surface area contributed by atoms with E-state index in [2.05, 4.69) is 10.6 Å². The van der Waals surface area contributed by atoms with Crippen LogP contribution in [-0.4, -0.2) is 42.4 Å². The van der Waals surface area contributed by atoms with Crippen LogP contribution in [0.2, 0.25) is 0 Å². The smallest absolute Gasteiger partial charge is 0.315 e. The molecule has 104 valence electrons. The molecule has 6 heteroatoms. The van der Waals surface area contributed by atoms with Crippen LogP contribution in [0, 0.1) is 5.92 Å². The van der Waals surface area contributed by atoms with Gasteiger partial charge in [-0.05, 0) is 26.7 Å². The van der Waals surface area contributed by atoms with Crippen molar-refractivity contribution in [2.24, 2.45) is 5.92 Å². The summed E-state index contributed by atoms with van der Waals surface area (Å²) in [5.41, 5.74) is 0. The van der Waals surface area contributed by atoms with Crippen molar-refractivity contribution in [1.82, 2.24) is 10.6 Å². The molecular weight excluding hydrogens is 236 g/mol. The van der Waals surface area contributed by atoms with Crippen LogP contribution < -0.4 is 10.6 Å². The predicted molar refractivity (Wildman–Crippen MR) is 66.4 cm³/mol. The summed E-state index contributed by atoms with van der Waals surface area (Å²) in [4.78, 5) is 22.6. The Kier molecular flexibility index (Phi) is 5.91. The van der Waals surface area contributed by atoms with E-state index in [0.717, 1.165) is 12.8 Å². The summed E-state index contributed by atoms with van der Waals surface area (Å²) in [5, 5.41) is 14.5. The normalized spacial score (nSPS) is 24.6. The Morgan fingerprint density at radius 1 is 1.44 bits per heavy atom. The summed E-state index contributed by atoms with van der Waals surface area (Å²) >= 11 is 0. The minimum absolute atomic E-state index is 0.0883. The second-order valence-electron chi connectivity index (χ2n) is 4.66. The zero-order valence-corrected chi connectivity index (χ0v) is 10.9. The third kappa shape index (κ3) is 4.52. The quantitative estimate of drug-likeness (QED) is 0.662. The van der Waals surface area contributed by atoms with Crippen molar-refractivity contribution >= 4 is 12.0 Å². The number of carbonyl (C=O) groups is 2. The molecule has 3 N–H and O–H groups in total. The van der Waals surface area contributed by atoms with Gasteiger partial charge in [-0.2, -0.15) is 0 Å². The predicted octanol–water partition coefficient (Wildman–Crippen LogP) is 0.964. The highest BCUT2D eigenvalue weighted by atomic mass is 16.5. The Morgan fingerprint density at radius 3 is 2.78 bits per heavy atom. The van der Waals surface area contributed by atoms with Gasteiger partial charge in [0.25, 0.3) is 0 Å². The Balaban J connectivity index is 2.33. The maximum atomic E-state index is 11.7. The van der Waals surface area contributed by atoms with E-state index in [0.29, 0.717) is 19.6 Å². The molecule has 1 aliphatic carbocycles. The first-order chi connectivity index (χ1) is 8.54. The van der Waals surface area contributed by atoms with Crippen molar-refractivity contribution in [2.75, 3.05) is 13.2 Å². The van der Waals surface area contributed by atoms with Gasteiger partial charge in [0.05, 0.1) is 18.6 Å². The lowest BCUT2D eigenvalue weighted by atomic mass is 10.0. The summed E-state index contributed by atoms with van der Waals surface area (Å²) < 4.78 is 5.19. The second-order valence-corrected chi connectivity index (χ2v) is 4.66. The SMILES string of the molecule is CCOCC(C)NC(=O)NC1CCCC1C(=O)O. The van der Waals surface area contributed by atoms with Gasteiger partial charge < -0.3 is 20.5 Å². The highest BCUT2D eigenvalue weighted by Gasteiger charge is 2.33. The molecule has 18 heavy (non-hydrogen) atoms. The van der Waals surface area contributed by atoms with E-state index in [9.17, 15) is 9.59 Å². The number of rotatable bonds is 6. The third-order valence-electron chi connectivity index (χ3n) is 3.10. The molecule has 1 fully saturated rings. The van der Waals surface area contributed by atoms with Crippen LogP contribution in [0.25, 0.3) is 0 Å².